The first kappa shape index (κ1) is 12.9. The molecule has 0 aliphatic heterocycles. The van der Waals surface area contributed by atoms with Crippen molar-refractivity contribution in [3.63, 3.8) is 0 Å². The van der Waals surface area contributed by atoms with Crippen LogP contribution in [0.25, 0.3) is 0 Å². The van der Waals surface area contributed by atoms with Gasteiger partial charge in [-0.25, -0.2) is 12.8 Å². The zero-order valence-electron chi connectivity index (χ0n) is 8.90. The SMILES string of the molecule is CNCCCS(=O)(=O)Nc1ccncc1F. The number of pyridine rings is 1. The third-order valence-electron chi connectivity index (χ3n) is 1.88. The minimum atomic E-state index is -3.49. The highest BCUT2D eigenvalue weighted by molar-refractivity contribution is 7.92. The van der Waals surface area contributed by atoms with E-state index in [0.29, 0.717) is 13.0 Å². The maximum absolute atomic E-state index is 13.1. The number of rotatable bonds is 6. The first-order valence-corrected chi connectivity index (χ1v) is 6.45. The van der Waals surface area contributed by atoms with Crippen LogP contribution in [0.5, 0.6) is 0 Å². The normalized spacial score (nSPS) is 11.4. The molecule has 0 spiro atoms. The number of halogens is 1. The molecule has 1 aromatic rings. The second kappa shape index (κ2) is 5.76. The average molecular weight is 247 g/mol. The molecule has 1 aromatic heterocycles. The quantitative estimate of drug-likeness (QED) is 0.721. The molecule has 7 heteroatoms. The summed E-state index contributed by atoms with van der Waals surface area (Å²) in [6.07, 6.45) is 2.76. The van der Waals surface area contributed by atoms with Gasteiger partial charge in [0.15, 0.2) is 5.82 Å². The summed E-state index contributed by atoms with van der Waals surface area (Å²) in [5.74, 6) is -0.727. The molecular formula is C9H14FN3O2S. The summed E-state index contributed by atoms with van der Waals surface area (Å²) in [6.45, 7) is 0.597. The number of aromatic nitrogens is 1. The van der Waals surface area contributed by atoms with E-state index >= 15 is 0 Å². The molecule has 0 atom stereocenters. The Bertz CT molecular complexity index is 436. The summed E-state index contributed by atoms with van der Waals surface area (Å²) in [7, 11) is -1.75. The van der Waals surface area contributed by atoms with Gasteiger partial charge in [-0.15, -0.1) is 0 Å². The third-order valence-corrected chi connectivity index (χ3v) is 3.23. The Balaban J connectivity index is 2.63. The predicted molar refractivity (Wildman–Crippen MR) is 60.1 cm³/mol. The summed E-state index contributed by atoms with van der Waals surface area (Å²) in [5, 5.41) is 2.84. The topological polar surface area (TPSA) is 71.1 Å². The second-order valence-corrected chi connectivity index (χ2v) is 5.08. The summed E-state index contributed by atoms with van der Waals surface area (Å²) in [5.41, 5.74) is -0.0699. The van der Waals surface area contributed by atoms with Crippen LogP contribution >= 0.6 is 0 Å². The molecule has 0 aliphatic rings. The molecule has 90 valence electrons. The van der Waals surface area contributed by atoms with Crippen LogP contribution in [0.2, 0.25) is 0 Å². The molecule has 2 N–H and O–H groups in total. The zero-order chi connectivity index (χ0) is 12.0. The first-order chi connectivity index (χ1) is 7.55. The van der Waals surface area contributed by atoms with Crippen LogP contribution in [0.3, 0.4) is 0 Å². The van der Waals surface area contributed by atoms with E-state index in [1.807, 2.05) is 0 Å². The van der Waals surface area contributed by atoms with Gasteiger partial charge in [-0.05, 0) is 26.1 Å². The smallest absolute Gasteiger partial charge is 0.232 e. The third kappa shape index (κ3) is 4.11. The van der Waals surface area contributed by atoms with Crippen LogP contribution in [-0.2, 0) is 10.0 Å². The van der Waals surface area contributed by atoms with Crippen LogP contribution in [0.15, 0.2) is 18.5 Å². The Labute approximate surface area is 94.1 Å². The maximum atomic E-state index is 13.1. The molecule has 0 radical (unpaired) electrons. The Morgan fingerprint density at radius 3 is 2.88 bits per heavy atom. The average Bonchev–Trinajstić information content (AvgIpc) is 2.21. The Morgan fingerprint density at radius 2 is 2.25 bits per heavy atom. The van der Waals surface area contributed by atoms with Gasteiger partial charge in [-0.3, -0.25) is 9.71 Å². The molecule has 1 rings (SSSR count). The Kier molecular flexibility index (Phi) is 4.63. The highest BCUT2D eigenvalue weighted by Gasteiger charge is 2.12. The lowest BCUT2D eigenvalue weighted by atomic mass is 10.4. The Hall–Kier alpha value is -1.21. The molecule has 0 fully saturated rings. The van der Waals surface area contributed by atoms with Crippen molar-refractivity contribution in [1.82, 2.24) is 10.3 Å². The number of sulfonamides is 1. The summed E-state index contributed by atoms with van der Waals surface area (Å²) in [4.78, 5) is 3.53. The van der Waals surface area contributed by atoms with E-state index in [0.717, 1.165) is 6.20 Å². The first-order valence-electron chi connectivity index (χ1n) is 4.80. The molecule has 1 heterocycles. The van der Waals surface area contributed by atoms with Crippen LogP contribution in [0.4, 0.5) is 10.1 Å². The fraction of sp³-hybridized carbons (Fsp3) is 0.444. The van der Waals surface area contributed by atoms with Crippen molar-refractivity contribution in [2.45, 2.75) is 6.42 Å². The molecule has 0 amide bonds. The van der Waals surface area contributed by atoms with Crippen LogP contribution < -0.4 is 10.0 Å². The van der Waals surface area contributed by atoms with Gasteiger partial charge in [0.2, 0.25) is 10.0 Å². The molecule has 0 aliphatic carbocycles. The Morgan fingerprint density at radius 1 is 1.50 bits per heavy atom. The van der Waals surface area contributed by atoms with E-state index in [2.05, 4.69) is 15.0 Å². The second-order valence-electron chi connectivity index (χ2n) is 3.23. The van der Waals surface area contributed by atoms with E-state index in [9.17, 15) is 12.8 Å². The van der Waals surface area contributed by atoms with E-state index in [1.54, 1.807) is 7.05 Å². The lowest BCUT2D eigenvalue weighted by Crippen LogP contribution is -2.20. The van der Waals surface area contributed by atoms with Crippen molar-refractivity contribution < 1.29 is 12.8 Å². The highest BCUT2D eigenvalue weighted by Crippen LogP contribution is 2.12. The lowest BCUT2D eigenvalue weighted by molar-refractivity contribution is 0.594. The van der Waals surface area contributed by atoms with E-state index in [-0.39, 0.29) is 11.4 Å². The van der Waals surface area contributed by atoms with Crippen molar-refractivity contribution in [2.75, 3.05) is 24.1 Å². The van der Waals surface area contributed by atoms with Crippen LogP contribution in [-0.4, -0.2) is 32.7 Å². The van der Waals surface area contributed by atoms with Crippen molar-refractivity contribution in [3.8, 4) is 0 Å². The number of hydrogen-bond donors (Lipinski definition) is 2. The zero-order valence-corrected chi connectivity index (χ0v) is 9.72. The van der Waals surface area contributed by atoms with E-state index < -0.39 is 15.8 Å². The molecule has 5 nitrogen and oxygen atoms in total. The minimum absolute atomic E-state index is 0.0460. The standard InChI is InChI=1S/C9H14FN3O2S/c1-11-4-2-6-16(14,15)13-9-3-5-12-7-8(9)10/h3,5,7,11H,2,4,6H2,1H3,(H,12,13). The fourth-order valence-electron chi connectivity index (χ4n) is 1.12. The van der Waals surface area contributed by atoms with E-state index in [4.69, 9.17) is 0 Å². The summed E-state index contributed by atoms with van der Waals surface area (Å²) in [6, 6.07) is 1.28. The molecule has 16 heavy (non-hydrogen) atoms. The monoisotopic (exact) mass is 247 g/mol. The number of nitrogens with zero attached hydrogens (tertiary/aromatic N) is 1. The molecular weight excluding hydrogens is 233 g/mol. The largest absolute Gasteiger partial charge is 0.320 e. The van der Waals surface area contributed by atoms with Gasteiger partial charge in [0.25, 0.3) is 0 Å². The summed E-state index contributed by atoms with van der Waals surface area (Å²) >= 11 is 0. The number of nitrogens with one attached hydrogen (secondary N) is 2. The van der Waals surface area contributed by atoms with Crippen molar-refractivity contribution in [1.29, 1.82) is 0 Å². The van der Waals surface area contributed by atoms with Gasteiger partial charge in [0.05, 0.1) is 17.6 Å². The van der Waals surface area contributed by atoms with Gasteiger partial charge in [-0.2, -0.15) is 0 Å². The summed E-state index contributed by atoms with van der Waals surface area (Å²) < 4.78 is 38.3. The fourth-order valence-corrected chi connectivity index (χ4v) is 2.24. The van der Waals surface area contributed by atoms with Gasteiger partial charge >= 0.3 is 0 Å². The van der Waals surface area contributed by atoms with E-state index in [1.165, 1.54) is 12.3 Å². The van der Waals surface area contributed by atoms with Gasteiger partial charge in [-0.1, -0.05) is 0 Å². The minimum Gasteiger partial charge on any atom is -0.320 e. The van der Waals surface area contributed by atoms with Crippen molar-refractivity contribution in [3.05, 3.63) is 24.3 Å². The molecule has 0 saturated heterocycles. The van der Waals surface area contributed by atoms with Crippen molar-refractivity contribution in [2.24, 2.45) is 0 Å². The molecule has 0 aromatic carbocycles. The molecule has 0 unspecified atom stereocenters. The number of anilines is 1. The predicted octanol–water partition coefficient (Wildman–Crippen LogP) is 0.572. The van der Waals surface area contributed by atoms with Gasteiger partial charge in [0.1, 0.15) is 0 Å². The van der Waals surface area contributed by atoms with Gasteiger partial charge < -0.3 is 5.32 Å². The lowest BCUT2D eigenvalue weighted by Gasteiger charge is -2.07. The molecule has 0 bridgehead atoms. The maximum Gasteiger partial charge on any atom is 0.232 e. The highest BCUT2D eigenvalue weighted by atomic mass is 32.2. The van der Waals surface area contributed by atoms with Crippen LogP contribution in [0, 0.1) is 5.82 Å². The molecule has 0 saturated carbocycles. The van der Waals surface area contributed by atoms with Crippen LogP contribution in [0.1, 0.15) is 6.42 Å². The van der Waals surface area contributed by atoms with Gasteiger partial charge in [0, 0.05) is 6.20 Å². The van der Waals surface area contributed by atoms with Crippen molar-refractivity contribution >= 4 is 15.7 Å². The number of hydrogen-bond acceptors (Lipinski definition) is 4.